The number of rotatable bonds is 2. The van der Waals surface area contributed by atoms with E-state index in [1.54, 1.807) is 18.1 Å². The minimum Gasteiger partial charge on any atom is -0.379 e. The van der Waals surface area contributed by atoms with E-state index in [9.17, 15) is 4.79 Å². The number of H-pyrrole nitrogens is 1. The van der Waals surface area contributed by atoms with Gasteiger partial charge in [-0.15, -0.1) is 0 Å². The van der Waals surface area contributed by atoms with Crippen molar-refractivity contribution in [1.29, 1.82) is 0 Å². The summed E-state index contributed by atoms with van der Waals surface area (Å²) in [6.07, 6.45) is 4.06. The first-order valence-electron chi connectivity index (χ1n) is 4.62. The van der Waals surface area contributed by atoms with Crippen molar-refractivity contribution in [1.82, 2.24) is 15.1 Å². The first-order valence-corrected chi connectivity index (χ1v) is 4.62. The van der Waals surface area contributed by atoms with Crippen LogP contribution in [0.2, 0.25) is 0 Å². The lowest BCUT2D eigenvalue weighted by molar-refractivity contribution is 0.0711. The molecule has 1 atom stereocenters. The molecule has 1 aliphatic rings. The monoisotopic (exact) mass is 195 g/mol. The fourth-order valence-electron chi connectivity index (χ4n) is 1.56. The van der Waals surface area contributed by atoms with Crippen LogP contribution in [-0.4, -0.2) is 47.3 Å². The van der Waals surface area contributed by atoms with Crippen molar-refractivity contribution >= 4 is 5.91 Å². The summed E-state index contributed by atoms with van der Waals surface area (Å²) in [4.78, 5) is 13.5. The molecule has 1 aliphatic heterocycles. The number of nitrogens with one attached hydrogen (secondary N) is 1. The molecule has 76 valence electrons. The molecular formula is C9H13N3O2. The average molecular weight is 195 g/mol. The van der Waals surface area contributed by atoms with Gasteiger partial charge in [0.1, 0.15) is 0 Å². The molecule has 1 aromatic heterocycles. The minimum atomic E-state index is -0.00532. The average Bonchev–Trinajstić information content (AvgIpc) is 2.87. The zero-order valence-electron chi connectivity index (χ0n) is 8.06. The number of hydrogen-bond donors (Lipinski definition) is 1. The van der Waals surface area contributed by atoms with Gasteiger partial charge in [-0.3, -0.25) is 9.89 Å². The van der Waals surface area contributed by atoms with Gasteiger partial charge in [0.2, 0.25) is 0 Å². The summed E-state index contributed by atoms with van der Waals surface area (Å²) in [5.74, 6) is -0.00532. The second-order valence-corrected chi connectivity index (χ2v) is 3.42. The summed E-state index contributed by atoms with van der Waals surface area (Å²) in [6, 6.07) is 0.206. The Morgan fingerprint density at radius 3 is 3.21 bits per heavy atom. The fourth-order valence-corrected chi connectivity index (χ4v) is 1.56. The Morgan fingerprint density at radius 2 is 2.64 bits per heavy atom. The van der Waals surface area contributed by atoms with Gasteiger partial charge in [0, 0.05) is 19.9 Å². The number of likely N-dealkylation sites (N-methyl/N-ethyl adjacent to an activating group) is 1. The number of aromatic nitrogens is 2. The van der Waals surface area contributed by atoms with Gasteiger partial charge in [-0.05, 0) is 6.42 Å². The maximum atomic E-state index is 11.8. The maximum Gasteiger partial charge on any atom is 0.257 e. The third kappa shape index (κ3) is 1.63. The number of carbonyl (C=O) groups is 1. The Kier molecular flexibility index (Phi) is 2.49. The fraction of sp³-hybridized carbons (Fsp3) is 0.556. The standard InChI is InChI=1S/C9H13N3O2/c1-12(8-2-3-14-6-8)9(13)7-4-10-11-5-7/h4-5,8H,2-3,6H2,1H3,(H,10,11). The van der Waals surface area contributed by atoms with Gasteiger partial charge in [0.05, 0.1) is 24.4 Å². The molecule has 1 fully saturated rings. The maximum absolute atomic E-state index is 11.8. The molecule has 0 aromatic carbocycles. The van der Waals surface area contributed by atoms with E-state index in [0.717, 1.165) is 13.0 Å². The normalized spacial score (nSPS) is 21.1. The van der Waals surface area contributed by atoms with Gasteiger partial charge in [0.15, 0.2) is 0 Å². The van der Waals surface area contributed by atoms with Crippen molar-refractivity contribution in [3.05, 3.63) is 18.0 Å². The molecule has 1 aromatic rings. The summed E-state index contributed by atoms with van der Waals surface area (Å²) in [6.45, 7) is 1.38. The lowest BCUT2D eigenvalue weighted by Crippen LogP contribution is -2.37. The molecule has 1 amide bonds. The van der Waals surface area contributed by atoms with E-state index < -0.39 is 0 Å². The highest BCUT2D eigenvalue weighted by molar-refractivity contribution is 5.93. The van der Waals surface area contributed by atoms with Gasteiger partial charge in [-0.1, -0.05) is 0 Å². The number of nitrogens with zero attached hydrogens (tertiary/aromatic N) is 2. The molecule has 5 nitrogen and oxygen atoms in total. The van der Waals surface area contributed by atoms with Crippen LogP contribution in [0.15, 0.2) is 12.4 Å². The number of aromatic amines is 1. The molecule has 2 heterocycles. The van der Waals surface area contributed by atoms with Gasteiger partial charge < -0.3 is 9.64 Å². The molecule has 0 saturated carbocycles. The molecule has 0 aliphatic carbocycles. The van der Waals surface area contributed by atoms with E-state index in [-0.39, 0.29) is 11.9 Å². The van der Waals surface area contributed by atoms with E-state index in [1.165, 1.54) is 6.20 Å². The highest BCUT2D eigenvalue weighted by Crippen LogP contribution is 2.13. The van der Waals surface area contributed by atoms with Crippen LogP contribution < -0.4 is 0 Å². The lowest BCUT2D eigenvalue weighted by Gasteiger charge is -2.22. The van der Waals surface area contributed by atoms with Crippen LogP contribution in [0.5, 0.6) is 0 Å². The van der Waals surface area contributed by atoms with Crippen molar-refractivity contribution in [3.63, 3.8) is 0 Å². The van der Waals surface area contributed by atoms with Gasteiger partial charge in [-0.2, -0.15) is 5.10 Å². The number of ether oxygens (including phenoxy) is 1. The number of hydrogen-bond acceptors (Lipinski definition) is 3. The summed E-state index contributed by atoms with van der Waals surface area (Å²) in [5.41, 5.74) is 0.597. The molecule has 1 saturated heterocycles. The minimum absolute atomic E-state index is 0.00532. The van der Waals surface area contributed by atoms with Crippen molar-refractivity contribution < 1.29 is 9.53 Å². The van der Waals surface area contributed by atoms with Crippen LogP contribution in [0.1, 0.15) is 16.8 Å². The van der Waals surface area contributed by atoms with Gasteiger partial charge in [0.25, 0.3) is 5.91 Å². The molecule has 14 heavy (non-hydrogen) atoms. The van der Waals surface area contributed by atoms with E-state index in [1.807, 2.05) is 0 Å². The second-order valence-electron chi connectivity index (χ2n) is 3.42. The zero-order chi connectivity index (χ0) is 9.97. The zero-order valence-corrected chi connectivity index (χ0v) is 8.06. The van der Waals surface area contributed by atoms with Crippen LogP contribution in [0.25, 0.3) is 0 Å². The van der Waals surface area contributed by atoms with Crippen LogP contribution in [0.3, 0.4) is 0 Å². The Balaban J connectivity index is 2.04. The molecule has 2 rings (SSSR count). The molecule has 5 heteroatoms. The van der Waals surface area contributed by atoms with E-state index in [0.29, 0.717) is 12.2 Å². The predicted molar refractivity (Wildman–Crippen MR) is 49.9 cm³/mol. The molecule has 1 unspecified atom stereocenters. The molecule has 0 radical (unpaired) electrons. The Morgan fingerprint density at radius 1 is 1.79 bits per heavy atom. The second kappa shape index (κ2) is 3.79. The van der Waals surface area contributed by atoms with Crippen molar-refractivity contribution in [2.24, 2.45) is 0 Å². The summed E-state index contributed by atoms with van der Waals surface area (Å²) < 4.78 is 5.23. The van der Waals surface area contributed by atoms with Gasteiger partial charge >= 0.3 is 0 Å². The third-order valence-corrected chi connectivity index (χ3v) is 2.52. The summed E-state index contributed by atoms with van der Waals surface area (Å²) in [5, 5.41) is 6.38. The van der Waals surface area contributed by atoms with Crippen LogP contribution in [-0.2, 0) is 4.74 Å². The summed E-state index contributed by atoms with van der Waals surface area (Å²) in [7, 11) is 1.80. The van der Waals surface area contributed by atoms with E-state index in [4.69, 9.17) is 4.74 Å². The molecular weight excluding hydrogens is 182 g/mol. The highest BCUT2D eigenvalue weighted by Gasteiger charge is 2.25. The van der Waals surface area contributed by atoms with Crippen molar-refractivity contribution in [3.8, 4) is 0 Å². The van der Waals surface area contributed by atoms with E-state index in [2.05, 4.69) is 10.2 Å². The predicted octanol–water partition coefficient (Wildman–Crippen LogP) is 0.271. The van der Waals surface area contributed by atoms with Crippen LogP contribution in [0.4, 0.5) is 0 Å². The highest BCUT2D eigenvalue weighted by atomic mass is 16.5. The SMILES string of the molecule is CN(C(=O)c1cn[nH]c1)C1CCOC1. The topological polar surface area (TPSA) is 58.2 Å². The Labute approximate surface area is 82.0 Å². The quantitative estimate of drug-likeness (QED) is 0.737. The Bertz CT molecular complexity index is 304. The molecule has 1 N–H and O–H groups in total. The molecule has 0 bridgehead atoms. The third-order valence-electron chi connectivity index (χ3n) is 2.52. The van der Waals surface area contributed by atoms with Crippen molar-refractivity contribution in [2.45, 2.75) is 12.5 Å². The van der Waals surface area contributed by atoms with Crippen molar-refractivity contribution in [2.75, 3.05) is 20.3 Å². The Hall–Kier alpha value is -1.36. The smallest absolute Gasteiger partial charge is 0.257 e. The molecule has 0 spiro atoms. The summed E-state index contributed by atoms with van der Waals surface area (Å²) >= 11 is 0. The number of amides is 1. The first-order chi connectivity index (χ1) is 6.79. The van der Waals surface area contributed by atoms with Gasteiger partial charge in [-0.25, -0.2) is 0 Å². The first kappa shape index (κ1) is 9.21. The van der Waals surface area contributed by atoms with Crippen LogP contribution in [0, 0.1) is 0 Å². The van der Waals surface area contributed by atoms with Crippen LogP contribution >= 0.6 is 0 Å². The van der Waals surface area contributed by atoms with E-state index >= 15 is 0 Å². The lowest BCUT2D eigenvalue weighted by atomic mass is 10.2. The largest absolute Gasteiger partial charge is 0.379 e. The number of carbonyl (C=O) groups excluding carboxylic acids is 1.